The van der Waals surface area contributed by atoms with E-state index in [-0.39, 0.29) is 34.8 Å². The molecule has 242 valence electrons. The van der Waals surface area contributed by atoms with E-state index in [0.717, 1.165) is 30.6 Å². The summed E-state index contributed by atoms with van der Waals surface area (Å²) in [5.74, 6) is 4.53. The minimum atomic E-state index is -4.99. The van der Waals surface area contributed by atoms with Gasteiger partial charge in [0, 0.05) is 47.7 Å². The molecule has 15 heteroatoms. The SMILES string of the molecule is COc1cc(C(=O)NC[C@](O)(c2cc3c(c(-c4ccc(F)cc4)n2)OC[C@@]3(N(N)/C=C\N)C(F)(F)F)C2CC2)cc2cn(C)nc12. The number of halogens is 4. The number of methoxy groups -OCH3 is 1. The van der Waals surface area contributed by atoms with E-state index in [1.54, 1.807) is 24.0 Å². The summed E-state index contributed by atoms with van der Waals surface area (Å²) in [4.78, 5) is 18.0. The van der Waals surface area contributed by atoms with Crippen LogP contribution in [0.2, 0.25) is 0 Å². The first-order chi connectivity index (χ1) is 21.8. The van der Waals surface area contributed by atoms with Gasteiger partial charge in [-0.05, 0) is 61.2 Å². The summed E-state index contributed by atoms with van der Waals surface area (Å²) in [7, 11) is 3.18. The Hall–Kier alpha value is -4.89. The van der Waals surface area contributed by atoms with Crippen molar-refractivity contribution in [2.45, 2.75) is 30.2 Å². The number of carbonyl (C=O) groups is 1. The summed E-state index contributed by atoms with van der Waals surface area (Å²) in [6.45, 7) is -1.32. The zero-order valence-electron chi connectivity index (χ0n) is 24.8. The molecule has 6 rings (SSSR count). The van der Waals surface area contributed by atoms with E-state index in [2.05, 4.69) is 15.4 Å². The molecule has 0 unspecified atom stereocenters. The number of pyridine rings is 1. The van der Waals surface area contributed by atoms with E-state index in [1.807, 2.05) is 0 Å². The van der Waals surface area contributed by atoms with Crippen LogP contribution in [-0.2, 0) is 18.2 Å². The quantitative estimate of drug-likeness (QED) is 0.122. The molecule has 1 saturated carbocycles. The fourth-order valence-corrected chi connectivity index (χ4v) is 5.91. The summed E-state index contributed by atoms with van der Waals surface area (Å²) in [6.07, 6.45) is -0.470. The van der Waals surface area contributed by atoms with Gasteiger partial charge < -0.3 is 25.6 Å². The minimum Gasteiger partial charge on any atom is -0.494 e. The second kappa shape index (κ2) is 11.2. The van der Waals surface area contributed by atoms with Crippen molar-refractivity contribution >= 4 is 16.8 Å². The molecule has 0 bridgehead atoms. The van der Waals surface area contributed by atoms with Gasteiger partial charge in [-0.2, -0.15) is 18.3 Å². The van der Waals surface area contributed by atoms with E-state index in [4.69, 9.17) is 21.1 Å². The molecular formula is C31H31F4N7O4. The normalized spacial score (nSPS) is 19.1. The minimum absolute atomic E-state index is 0.0547. The number of fused-ring (bicyclic) bond motifs is 2. The number of nitrogens with one attached hydrogen (secondary N) is 1. The van der Waals surface area contributed by atoms with Gasteiger partial charge in [0.2, 0.25) is 5.54 Å². The first-order valence-electron chi connectivity index (χ1n) is 14.3. The first-order valence-corrected chi connectivity index (χ1v) is 14.3. The molecule has 6 N–H and O–H groups in total. The number of rotatable bonds is 9. The Bertz CT molecular complexity index is 1840. The second-order valence-electron chi connectivity index (χ2n) is 11.4. The number of benzene rings is 2. The van der Waals surface area contributed by atoms with Crippen LogP contribution in [0.25, 0.3) is 22.2 Å². The predicted molar refractivity (Wildman–Crippen MR) is 158 cm³/mol. The number of nitrogens with zero attached hydrogens (tertiary/aromatic N) is 4. The maximum Gasteiger partial charge on any atom is 0.420 e. The van der Waals surface area contributed by atoms with Crippen molar-refractivity contribution in [3.8, 4) is 22.8 Å². The van der Waals surface area contributed by atoms with Crippen LogP contribution in [0.3, 0.4) is 0 Å². The summed E-state index contributed by atoms with van der Waals surface area (Å²) >= 11 is 0. The average molecular weight is 642 g/mol. The number of hydrogen-bond donors (Lipinski definition) is 4. The number of aliphatic hydroxyl groups is 1. The first kappa shape index (κ1) is 31.1. The Labute approximate surface area is 260 Å². The third-order valence-corrected chi connectivity index (χ3v) is 8.50. The number of ether oxygens (including phenoxy) is 2. The van der Waals surface area contributed by atoms with Crippen molar-refractivity contribution < 1.29 is 36.9 Å². The Balaban J connectivity index is 1.45. The van der Waals surface area contributed by atoms with Gasteiger partial charge in [-0.1, -0.05) is 0 Å². The van der Waals surface area contributed by atoms with Crippen LogP contribution >= 0.6 is 0 Å². The Morgan fingerprint density at radius 2 is 1.98 bits per heavy atom. The number of carbonyl (C=O) groups excluding carboxylic acids is 1. The molecule has 2 aliphatic rings. The highest BCUT2D eigenvalue weighted by Gasteiger charge is 2.64. The predicted octanol–water partition coefficient (Wildman–Crippen LogP) is 3.57. The molecular weight excluding hydrogens is 610 g/mol. The summed E-state index contributed by atoms with van der Waals surface area (Å²) in [6, 6.07) is 9.20. The third kappa shape index (κ3) is 5.04. The monoisotopic (exact) mass is 641 g/mol. The number of aryl methyl sites for hydroxylation is 1. The van der Waals surface area contributed by atoms with E-state index >= 15 is 0 Å². The highest BCUT2D eigenvalue weighted by molar-refractivity contribution is 5.99. The van der Waals surface area contributed by atoms with Gasteiger partial charge in [0.05, 0.1) is 19.3 Å². The number of alkyl halides is 3. The van der Waals surface area contributed by atoms with Crippen molar-refractivity contribution in [1.82, 2.24) is 25.1 Å². The van der Waals surface area contributed by atoms with E-state index in [0.29, 0.717) is 34.5 Å². The third-order valence-electron chi connectivity index (χ3n) is 8.50. The molecule has 3 heterocycles. The lowest BCUT2D eigenvalue weighted by Gasteiger charge is -2.38. The largest absolute Gasteiger partial charge is 0.494 e. The van der Waals surface area contributed by atoms with Gasteiger partial charge in [0.1, 0.15) is 35.0 Å². The summed E-state index contributed by atoms with van der Waals surface area (Å²) in [5.41, 5.74) is 1.02. The number of aromatic nitrogens is 3. The van der Waals surface area contributed by atoms with Gasteiger partial charge in [-0.25, -0.2) is 15.2 Å². The standard InChI is InChI=1S/C31H31F4N7O4/c1-41-14-19-11-18(12-23(45-2)25(19)40-41)28(43)38-15-29(44,20-5-6-20)24-13-22-27(26(39-24)17-3-7-21(32)8-4-17)46-16-30(22,31(33,34)35)42(37)10-9-36/h3-4,7-14,20,44H,5-6,15-16,36-37H2,1-2H3,(H,38,43)/b10-9-/t29-,30+/m1/s1. The van der Waals surface area contributed by atoms with Crippen LogP contribution in [0, 0.1) is 11.7 Å². The molecule has 0 saturated heterocycles. The van der Waals surface area contributed by atoms with Crippen LogP contribution in [0.15, 0.2) is 61.1 Å². The van der Waals surface area contributed by atoms with E-state index < -0.39 is 47.1 Å². The smallest absolute Gasteiger partial charge is 0.420 e. The van der Waals surface area contributed by atoms with Crippen molar-refractivity contribution in [1.29, 1.82) is 0 Å². The molecule has 11 nitrogen and oxygen atoms in total. The van der Waals surface area contributed by atoms with Gasteiger partial charge in [-0.15, -0.1) is 0 Å². The van der Waals surface area contributed by atoms with Crippen molar-refractivity contribution in [3.63, 3.8) is 0 Å². The number of amides is 1. The van der Waals surface area contributed by atoms with Crippen molar-refractivity contribution in [3.05, 3.63) is 83.7 Å². The van der Waals surface area contributed by atoms with Crippen LogP contribution < -0.4 is 26.4 Å². The zero-order chi connectivity index (χ0) is 33.0. The van der Waals surface area contributed by atoms with Gasteiger partial charge in [-0.3, -0.25) is 14.5 Å². The number of nitrogens with two attached hydrogens (primary N) is 2. The van der Waals surface area contributed by atoms with Crippen LogP contribution in [0.4, 0.5) is 17.6 Å². The highest BCUT2D eigenvalue weighted by atomic mass is 19.4. The Kier molecular flexibility index (Phi) is 7.55. The topological polar surface area (TPSA) is 154 Å². The molecule has 4 aromatic rings. The van der Waals surface area contributed by atoms with Gasteiger partial charge in [0.25, 0.3) is 5.91 Å². The lowest BCUT2D eigenvalue weighted by Crippen LogP contribution is -2.58. The van der Waals surface area contributed by atoms with E-state index in [1.165, 1.54) is 25.3 Å². The van der Waals surface area contributed by atoms with Gasteiger partial charge >= 0.3 is 6.18 Å². The van der Waals surface area contributed by atoms with Crippen molar-refractivity contribution in [2.75, 3.05) is 20.3 Å². The fourth-order valence-electron chi connectivity index (χ4n) is 5.91. The molecule has 46 heavy (non-hydrogen) atoms. The van der Waals surface area contributed by atoms with E-state index in [9.17, 15) is 27.5 Å². The molecule has 1 aliphatic heterocycles. The molecule has 1 fully saturated rings. The van der Waals surface area contributed by atoms with Crippen LogP contribution in [0.5, 0.6) is 11.5 Å². The maximum atomic E-state index is 15.0. The molecule has 1 aliphatic carbocycles. The molecule has 0 radical (unpaired) electrons. The molecule has 2 aromatic carbocycles. The van der Waals surface area contributed by atoms with Gasteiger partial charge in [0.15, 0.2) is 5.75 Å². The Morgan fingerprint density at radius 3 is 2.61 bits per heavy atom. The molecule has 0 spiro atoms. The summed E-state index contributed by atoms with van der Waals surface area (Å²) in [5, 5.41) is 20.3. The number of hydrazine groups is 1. The van der Waals surface area contributed by atoms with Crippen LogP contribution in [-0.4, -0.2) is 57.2 Å². The fraction of sp³-hybridized carbons (Fsp3) is 0.323. The average Bonchev–Trinajstić information content (AvgIpc) is 3.69. The zero-order valence-corrected chi connectivity index (χ0v) is 24.8. The maximum absolute atomic E-state index is 15.0. The molecule has 2 atom stereocenters. The lowest BCUT2D eigenvalue weighted by atomic mass is 9.85. The second-order valence-corrected chi connectivity index (χ2v) is 11.4. The highest BCUT2D eigenvalue weighted by Crippen LogP contribution is 2.55. The molecule has 2 aromatic heterocycles. The van der Waals surface area contributed by atoms with Crippen molar-refractivity contribution in [2.24, 2.45) is 24.5 Å². The number of hydrogen-bond acceptors (Lipinski definition) is 9. The Morgan fingerprint density at radius 1 is 1.26 bits per heavy atom. The van der Waals surface area contributed by atoms with Crippen LogP contribution in [0.1, 0.15) is 34.5 Å². The molecule has 1 amide bonds. The summed E-state index contributed by atoms with van der Waals surface area (Å²) < 4.78 is 71.4. The lowest BCUT2D eigenvalue weighted by molar-refractivity contribution is -0.232.